The topological polar surface area (TPSA) is 0 Å². The monoisotopic (exact) mass is 184 g/mol. The summed E-state index contributed by atoms with van der Waals surface area (Å²) < 4.78 is 0. The normalized spacial score (nSPS) is 15.0. The lowest BCUT2D eigenvalue weighted by atomic mass is 9.75. The van der Waals surface area contributed by atoms with E-state index >= 15 is 0 Å². The van der Waals surface area contributed by atoms with Crippen LogP contribution in [0, 0.1) is 17.3 Å². The van der Waals surface area contributed by atoms with Crippen LogP contribution in [-0.2, 0) is 0 Å². The highest BCUT2D eigenvalue weighted by atomic mass is 14.3. The summed E-state index contributed by atoms with van der Waals surface area (Å²) in [4.78, 5) is 0. The Bertz CT molecular complexity index is 120. The highest BCUT2D eigenvalue weighted by molar-refractivity contribution is 4.74. The first-order valence-corrected chi connectivity index (χ1v) is 5.93. The standard InChI is InChI=1S/C13H28/c1-7-13(6,8-2)10-12(5)9-11(3)4/h11-12H,7-10H2,1-6H3. The molecule has 0 N–H and O–H groups in total. The van der Waals surface area contributed by atoms with Crippen LogP contribution in [0.2, 0.25) is 0 Å². The van der Waals surface area contributed by atoms with Crippen molar-refractivity contribution in [2.24, 2.45) is 17.3 Å². The summed E-state index contributed by atoms with van der Waals surface area (Å²) in [6, 6.07) is 0. The molecule has 0 aliphatic heterocycles. The summed E-state index contributed by atoms with van der Waals surface area (Å²) in [5, 5.41) is 0. The summed E-state index contributed by atoms with van der Waals surface area (Å²) in [6.45, 7) is 14.1. The first-order valence-electron chi connectivity index (χ1n) is 5.93. The van der Waals surface area contributed by atoms with Crippen molar-refractivity contribution in [1.29, 1.82) is 0 Å². The fourth-order valence-electron chi connectivity index (χ4n) is 2.27. The molecule has 1 atom stereocenters. The van der Waals surface area contributed by atoms with E-state index in [1.54, 1.807) is 0 Å². The molecule has 0 bridgehead atoms. The molecule has 0 saturated heterocycles. The highest BCUT2D eigenvalue weighted by Gasteiger charge is 2.22. The van der Waals surface area contributed by atoms with Crippen molar-refractivity contribution < 1.29 is 0 Å². The third-order valence-corrected chi connectivity index (χ3v) is 3.42. The molecule has 0 nitrogen and oxygen atoms in total. The van der Waals surface area contributed by atoms with Crippen LogP contribution in [-0.4, -0.2) is 0 Å². The number of hydrogen-bond acceptors (Lipinski definition) is 0. The van der Waals surface area contributed by atoms with Gasteiger partial charge in [0.25, 0.3) is 0 Å². The Labute approximate surface area is 85.1 Å². The van der Waals surface area contributed by atoms with Crippen molar-refractivity contribution in [3.05, 3.63) is 0 Å². The van der Waals surface area contributed by atoms with Gasteiger partial charge in [-0.3, -0.25) is 0 Å². The van der Waals surface area contributed by atoms with E-state index in [-0.39, 0.29) is 0 Å². The zero-order chi connectivity index (χ0) is 10.5. The van der Waals surface area contributed by atoms with E-state index in [9.17, 15) is 0 Å². The van der Waals surface area contributed by atoms with Gasteiger partial charge in [0.2, 0.25) is 0 Å². The molecule has 0 aromatic rings. The van der Waals surface area contributed by atoms with Crippen LogP contribution in [0.1, 0.15) is 67.2 Å². The van der Waals surface area contributed by atoms with Crippen molar-refractivity contribution in [1.82, 2.24) is 0 Å². The SMILES string of the molecule is CCC(C)(CC)CC(C)CC(C)C. The lowest BCUT2D eigenvalue weighted by molar-refractivity contribution is 0.213. The van der Waals surface area contributed by atoms with Gasteiger partial charge in [0.1, 0.15) is 0 Å². The van der Waals surface area contributed by atoms with Crippen LogP contribution >= 0.6 is 0 Å². The number of rotatable bonds is 6. The van der Waals surface area contributed by atoms with E-state index < -0.39 is 0 Å². The quantitative estimate of drug-likeness (QED) is 0.551. The largest absolute Gasteiger partial charge is 0.0649 e. The second kappa shape index (κ2) is 5.67. The van der Waals surface area contributed by atoms with Gasteiger partial charge in [-0.1, -0.05) is 54.4 Å². The van der Waals surface area contributed by atoms with Crippen LogP contribution in [0.25, 0.3) is 0 Å². The Hall–Kier alpha value is 0. The van der Waals surface area contributed by atoms with Gasteiger partial charge in [0.05, 0.1) is 0 Å². The molecule has 0 fully saturated rings. The third-order valence-electron chi connectivity index (χ3n) is 3.42. The van der Waals surface area contributed by atoms with Crippen molar-refractivity contribution in [2.45, 2.75) is 67.2 Å². The molecule has 0 amide bonds. The summed E-state index contributed by atoms with van der Waals surface area (Å²) >= 11 is 0. The van der Waals surface area contributed by atoms with Gasteiger partial charge in [0.15, 0.2) is 0 Å². The Morgan fingerprint density at radius 1 is 1.00 bits per heavy atom. The Balaban J connectivity index is 3.94. The molecule has 0 heteroatoms. The second-order valence-corrected chi connectivity index (χ2v) is 5.46. The summed E-state index contributed by atoms with van der Waals surface area (Å²) in [6.07, 6.45) is 5.44. The van der Waals surface area contributed by atoms with E-state index in [1.165, 1.54) is 25.7 Å². The average Bonchev–Trinajstić information content (AvgIpc) is 2.02. The molecule has 0 aliphatic rings. The number of hydrogen-bond donors (Lipinski definition) is 0. The second-order valence-electron chi connectivity index (χ2n) is 5.46. The average molecular weight is 184 g/mol. The van der Waals surface area contributed by atoms with Gasteiger partial charge in [-0.2, -0.15) is 0 Å². The minimum atomic E-state index is 0.592. The third kappa shape index (κ3) is 5.33. The minimum Gasteiger partial charge on any atom is -0.0649 e. The van der Waals surface area contributed by atoms with E-state index in [4.69, 9.17) is 0 Å². The molecule has 0 saturated carbocycles. The zero-order valence-corrected chi connectivity index (χ0v) is 10.5. The lowest BCUT2D eigenvalue weighted by Crippen LogP contribution is -2.18. The summed E-state index contributed by atoms with van der Waals surface area (Å²) in [5.41, 5.74) is 0.592. The van der Waals surface area contributed by atoms with E-state index in [0.717, 1.165) is 11.8 Å². The smallest absolute Gasteiger partial charge is 0.0329 e. The van der Waals surface area contributed by atoms with Crippen molar-refractivity contribution in [3.63, 3.8) is 0 Å². The molecule has 0 aromatic carbocycles. The molecular formula is C13H28. The highest BCUT2D eigenvalue weighted by Crippen LogP contribution is 2.34. The first kappa shape index (κ1) is 13.0. The molecule has 0 aliphatic carbocycles. The van der Waals surface area contributed by atoms with E-state index in [2.05, 4.69) is 41.5 Å². The first-order chi connectivity index (χ1) is 5.93. The van der Waals surface area contributed by atoms with Crippen LogP contribution in [0.15, 0.2) is 0 Å². The predicted molar refractivity (Wildman–Crippen MR) is 61.9 cm³/mol. The van der Waals surface area contributed by atoms with Crippen molar-refractivity contribution >= 4 is 0 Å². The van der Waals surface area contributed by atoms with E-state index in [1.807, 2.05) is 0 Å². The molecular weight excluding hydrogens is 156 g/mol. The molecule has 0 aromatic heterocycles. The van der Waals surface area contributed by atoms with Crippen LogP contribution in [0.5, 0.6) is 0 Å². The molecule has 0 radical (unpaired) electrons. The molecule has 0 rings (SSSR count). The Morgan fingerprint density at radius 2 is 1.46 bits per heavy atom. The Kier molecular flexibility index (Phi) is 5.67. The van der Waals surface area contributed by atoms with Gasteiger partial charge < -0.3 is 0 Å². The van der Waals surface area contributed by atoms with Gasteiger partial charge in [-0.15, -0.1) is 0 Å². The maximum Gasteiger partial charge on any atom is -0.0329 e. The lowest BCUT2D eigenvalue weighted by Gasteiger charge is -2.30. The van der Waals surface area contributed by atoms with Crippen molar-refractivity contribution in [2.75, 3.05) is 0 Å². The van der Waals surface area contributed by atoms with Crippen molar-refractivity contribution in [3.8, 4) is 0 Å². The molecule has 13 heavy (non-hydrogen) atoms. The molecule has 80 valence electrons. The zero-order valence-electron chi connectivity index (χ0n) is 10.5. The van der Waals surface area contributed by atoms with Crippen LogP contribution < -0.4 is 0 Å². The maximum atomic E-state index is 2.43. The van der Waals surface area contributed by atoms with Gasteiger partial charge in [0, 0.05) is 0 Å². The molecule has 1 unspecified atom stereocenters. The minimum absolute atomic E-state index is 0.592. The Morgan fingerprint density at radius 3 is 1.77 bits per heavy atom. The predicted octanol–water partition coefficient (Wildman–Crippen LogP) is 4.89. The van der Waals surface area contributed by atoms with Crippen LogP contribution in [0.4, 0.5) is 0 Å². The van der Waals surface area contributed by atoms with Gasteiger partial charge in [-0.05, 0) is 30.1 Å². The van der Waals surface area contributed by atoms with Gasteiger partial charge >= 0.3 is 0 Å². The molecule has 0 spiro atoms. The summed E-state index contributed by atoms with van der Waals surface area (Å²) in [7, 11) is 0. The van der Waals surface area contributed by atoms with E-state index in [0.29, 0.717) is 5.41 Å². The fraction of sp³-hybridized carbons (Fsp3) is 1.00. The fourth-order valence-corrected chi connectivity index (χ4v) is 2.27. The van der Waals surface area contributed by atoms with Crippen LogP contribution in [0.3, 0.4) is 0 Å². The summed E-state index contributed by atoms with van der Waals surface area (Å²) in [5.74, 6) is 1.75. The maximum absolute atomic E-state index is 2.43. The molecule has 0 heterocycles. The van der Waals surface area contributed by atoms with Gasteiger partial charge in [-0.25, -0.2) is 0 Å².